The molecule has 6 rings (SSSR count). The normalized spacial score (nSPS) is 17.9. The Hall–Kier alpha value is -2.70. The summed E-state index contributed by atoms with van der Waals surface area (Å²) in [5.41, 5.74) is 7.35. The van der Waals surface area contributed by atoms with E-state index >= 15 is 0 Å². The van der Waals surface area contributed by atoms with Gasteiger partial charge in [-0.25, -0.2) is 9.37 Å². The van der Waals surface area contributed by atoms with Gasteiger partial charge in [0, 0.05) is 31.0 Å². The highest BCUT2D eigenvalue weighted by Gasteiger charge is 2.29. The number of halogens is 2. The lowest BCUT2D eigenvalue weighted by atomic mass is 9.91. The van der Waals surface area contributed by atoms with E-state index in [0.717, 1.165) is 42.9 Å². The summed E-state index contributed by atoms with van der Waals surface area (Å²) >= 11 is 6.48. The van der Waals surface area contributed by atoms with Gasteiger partial charge in [-0.05, 0) is 85.2 Å². The molecule has 3 aromatic rings. The summed E-state index contributed by atoms with van der Waals surface area (Å²) in [5.74, 6) is 1.53. The first-order valence-electron chi connectivity index (χ1n) is 11.2. The van der Waals surface area contributed by atoms with Crippen molar-refractivity contribution in [2.45, 2.75) is 38.1 Å². The van der Waals surface area contributed by atoms with Crippen LogP contribution in [0.5, 0.6) is 0 Å². The molecule has 0 amide bonds. The van der Waals surface area contributed by atoms with Gasteiger partial charge in [0.25, 0.3) is 0 Å². The van der Waals surface area contributed by atoms with Crippen LogP contribution in [0.3, 0.4) is 0 Å². The fraction of sp³-hybridized carbons (Fsp3) is 0.360. The second-order valence-electron chi connectivity index (χ2n) is 9.13. The molecule has 1 aliphatic carbocycles. The summed E-state index contributed by atoms with van der Waals surface area (Å²) in [6, 6.07) is 9.40. The van der Waals surface area contributed by atoms with Crippen LogP contribution >= 0.6 is 11.6 Å². The van der Waals surface area contributed by atoms with Crippen LogP contribution in [-0.4, -0.2) is 35.0 Å². The van der Waals surface area contributed by atoms with E-state index < -0.39 is 0 Å². The van der Waals surface area contributed by atoms with Crippen molar-refractivity contribution in [2.75, 3.05) is 30.4 Å². The van der Waals surface area contributed by atoms with Crippen LogP contribution in [0.25, 0.3) is 0 Å². The molecule has 1 saturated carbocycles. The molecule has 0 atom stereocenters. The molecule has 3 heterocycles. The molecule has 0 radical (unpaired) electrons. The number of fused-ring (bicyclic) bond motifs is 2. The Morgan fingerprint density at radius 3 is 2.81 bits per heavy atom. The summed E-state index contributed by atoms with van der Waals surface area (Å²) in [6.07, 6.45) is 6.13. The molecule has 0 spiro atoms. The molecule has 2 aromatic carbocycles. The summed E-state index contributed by atoms with van der Waals surface area (Å²) < 4.78 is 13.9. The molecule has 2 aliphatic heterocycles. The van der Waals surface area contributed by atoms with Crippen LogP contribution in [0.4, 0.5) is 27.5 Å². The van der Waals surface area contributed by atoms with Crippen molar-refractivity contribution in [3.63, 3.8) is 0 Å². The van der Waals surface area contributed by atoms with Gasteiger partial charge >= 0.3 is 0 Å². The van der Waals surface area contributed by atoms with Gasteiger partial charge in [-0.1, -0.05) is 17.7 Å². The zero-order valence-corrected chi connectivity index (χ0v) is 18.8. The van der Waals surface area contributed by atoms with Gasteiger partial charge < -0.3 is 15.1 Å². The van der Waals surface area contributed by atoms with Gasteiger partial charge in [-0.2, -0.15) is 4.98 Å². The maximum absolute atomic E-state index is 13.9. The number of likely N-dealkylation sites (N-methyl/N-ethyl adjacent to an activating group) is 1. The number of hydrogen-bond donors (Lipinski definition) is 1. The first kappa shape index (κ1) is 19.9. The maximum Gasteiger partial charge on any atom is 0.229 e. The largest absolute Gasteiger partial charge is 0.324 e. The Labute approximate surface area is 192 Å². The van der Waals surface area contributed by atoms with Crippen LogP contribution in [0.2, 0.25) is 5.02 Å². The predicted octanol–water partition coefficient (Wildman–Crippen LogP) is 5.57. The van der Waals surface area contributed by atoms with Crippen LogP contribution in [-0.2, 0) is 19.4 Å². The first-order valence-corrected chi connectivity index (χ1v) is 11.6. The standard InChI is InChI=1S/C25H25ClFN5/c1-31-8-7-20-17(14-31)10-19(12-21(20)15-2-3-15)29-25-28-13-22(26)24(30-25)32-9-6-16-4-5-18(27)11-23(16)32/h4-5,10-13,15H,2-3,6-9,14H2,1H3,(H,28,29,30). The van der Waals surface area contributed by atoms with Crippen LogP contribution in [0.15, 0.2) is 36.5 Å². The van der Waals surface area contributed by atoms with Gasteiger partial charge in [0.1, 0.15) is 10.8 Å². The summed E-state index contributed by atoms with van der Waals surface area (Å²) in [5, 5.41) is 3.88. The quantitative estimate of drug-likeness (QED) is 0.564. The van der Waals surface area contributed by atoms with Crippen molar-refractivity contribution in [2.24, 2.45) is 0 Å². The molecule has 32 heavy (non-hydrogen) atoms. The molecule has 1 fully saturated rings. The third-order valence-electron chi connectivity index (χ3n) is 6.76. The number of nitrogens with zero attached hydrogens (tertiary/aromatic N) is 4. The second kappa shape index (κ2) is 7.71. The van der Waals surface area contributed by atoms with E-state index in [9.17, 15) is 4.39 Å². The highest BCUT2D eigenvalue weighted by Crippen LogP contribution is 2.45. The molecule has 0 unspecified atom stereocenters. The third-order valence-corrected chi connectivity index (χ3v) is 7.02. The summed E-state index contributed by atoms with van der Waals surface area (Å²) in [6.45, 7) is 2.79. The zero-order chi connectivity index (χ0) is 21.8. The number of rotatable bonds is 4. The Balaban J connectivity index is 1.34. The van der Waals surface area contributed by atoms with Crippen molar-refractivity contribution in [3.05, 3.63) is 69.6 Å². The molecular formula is C25H25ClFN5. The third kappa shape index (κ3) is 3.61. The van der Waals surface area contributed by atoms with Gasteiger partial charge in [0.15, 0.2) is 5.82 Å². The molecule has 0 saturated heterocycles. The minimum Gasteiger partial charge on any atom is -0.324 e. The lowest BCUT2D eigenvalue weighted by Crippen LogP contribution is -2.27. The molecule has 1 aromatic heterocycles. The van der Waals surface area contributed by atoms with Crippen LogP contribution < -0.4 is 10.2 Å². The molecule has 164 valence electrons. The van der Waals surface area contributed by atoms with E-state index in [4.69, 9.17) is 16.6 Å². The molecule has 0 bridgehead atoms. The van der Waals surface area contributed by atoms with Crippen LogP contribution in [0.1, 0.15) is 41.0 Å². The molecule has 7 heteroatoms. The fourth-order valence-electron chi connectivity index (χ4n) is 5.01. The topological polar surface area (TPSA) is 44.3 Å². The molecule has 3 aliphatic rings. The van der Waals surface area contributed by atoms with E-state index in [1.165, 1.54) is 35.6 Å². The average molecular weight is 450 g/mol. The Kier molecular flexibility index (Phi) is 4.81. The van der Waals surface area contributed by atoms with E-state index in [2.05, 4.69) is 34.4 Å². The molecule has 5 nitrogen and oxygen atoms in total. The maximum atomic E-state index is 13.9. The number of hydrogen-bond acceptors (Lipinski definition) is 5. The fourth-order valence-corrected chi connectivity index (χ4v) is 5.21. The Bertz CT molecular complexity index is 1210. The SMILES string of the molecule is CN1CCc2c(cc(Nc3ncc(Cl)c(N4CCc5ccc(F)cc54)n3)cc2C2CC2)C1. The van der Waals surface area contributed by atoms with Gasteiger partial charge in [0.2, 0.25) is 5.95 Å². The average Bonchev–Trinajstić information content (AvgIpc) is 3.54. The predicted molar refractivity (Wildman–Crippen MR) is 126 cm³/mol. The van der Waals surface area contributed by atoms with Crippen molar-refractivity contribution in [1.82, 2.24) is 14.9 Å². The van der Waals surface area contributed by atoms with E-state index in [1.54, 1.807) is 12.3 Å². The first-order chi connectivity index (χ1) is 15.5. The van der Waals surface area contributed by atoms with Crippen molar-refractivity contribution < 1.29 is 4.39 Å². The molecular weight excluding hydrogens is 425 g/mol. The van der Waals surface area contributed by atoms with Crippen LogP contribution in [0, 0.1) is 5.82 Å². The van der Waals surface area contributed by atoms with E-state index in [0.29, 0.717) is 29.3 Å². The Morgan fingerprint density at radius 1 is 1.09 bits per heavy atom. The van der Waals surface area contributed by atoms with Gasteiger partial charge in [0.05, 0.1) is 6.20 Å². The highest BCUT2D eigenvalue weighted by molar-refractivity contribution is 6.33. The number of anilines is 4. The highest BCUT2D eigenvalue weighted by atomic mass is 35.5. The van der Waals surface area contributed by atoms with E-state index in [1.807, 2.05) is 11.0 Å². The summed E-state index contributed by atoms with van der Waals surface area (Å²) in [7, 11) is 2.17. The smallest absolute Gasteiger partial charge is 0.229 e. The van der Waals surface area contributed by atoms with E-state index in [-0.39, 0.29) is 5.82 Å². The lowest BCUT2D eigenvalue weighted by molar-refractivity contribution is 0.312. The zero-order valence-electron chi connectivity index (χ0n) is 18.0. The van der Waals surface area contributed by atoms with Crippen molar-refractivity contribution in [1.29, 1.82) is 0 Å². The number of aromatic nitrogens is 2. The lowest BCUT2D eigenvalue weighted by Gasteiger charge is -2.28. The monoisotopic (exact) mass is 449 g/mol. The van der Waals surface area contributed by atoms with Crippen molar-refractivity contribution >= 4 is 34.7 Å². The molecule has 1 N–H and O–H groups in total. The Morgan fingerprint density at radius 2 is 1.97 bits per heavy atom. The summed E-state index contributed by atoms with van der Waals surface area (Å²) in [4.78, 5) is 13.5. The van der Waals surface area contributed by atoms with Gasteiger partial charge in [-0.3, -0.25) is 0 Å². The second-order valence-corrected chi connectivity index (χ2v) is 9.54. The number of nitrogens with one attached hydrogen (secondary N) is 1. The minimum atomic E-state index is -0.259. The van der Waals surface area contributed by atoms with Crippen molar-refractivity contribution in [3.8, 4) is 0 Å². The number of benzene rings is 2. The van der Waals surface area contributed by atoms with Gasteiger partial charge in [-0.15, -0.1) is 0 Å². The minimum absolute atomic E-state index is 0.259.